The second-order valence-electron chi connectivity index (χ2n) is 8.62. The maximum atomic E-state index is 14.4. The van der Waals surface area contributed by atoms with E-state index >= 15 is 0 Å². The van der Waals surface area contributed by atoms with Crippen LogP contribution in [0.15, 0.2) is 22.6 Å². The van der Waals surface area contributed by atoms with Crippen LogP contribution in [0.1, 0.15) is 41.5 Å². The molecule has 2 aliphatic heterocycles. The summed E-state index contributed by atoms with van der Waals surface area (Å²) in [5.41, 5.74) is -0.167. The van der Waals surface area contributed by atoms with E-state index in [1.807, 2.05) is 41.5 Å². The van der Waals surface area contributed by atoms with Crippen LogP contribution in [0.5, 0.6) is 0 Å². The van der Waals surface area contributed by atoms with Crippen LogP contribution in [0.3, 0.4) is 0 Å². The molecule has 0 unspecified atom stereocenters. The van der Waals surface area contributed by atoms with E-state index in [2.05, 4.69) is 4.36 Å². The molecule has 0 radical (unpaired) electrons. The van der Waals surface area contributed by atoms with Crippen molar-refractivity contribution in [2.75, 3.05) is 11.5 Å². The fraction of sp³-hybridized carbons (Fsp3) is 0.647. The summed E-state index contributed by atoms with van der Waals surface area (Å²) in [6.07, 6.45) is 0. The van der Waals surface area contributed by atoms with E-state index in [-0.39, 0.29) is 11.1 Å². The predicted molar refractivity (Wildman–Crippen MR) is 95.9 cm³/mol. The molecule has 0 aliphatic carbocycles. The Kier molecular flexibility index (Phi) is 3.94. The van der Waals surface area contributed by atoms with Gasteiger partial charge in [0.1, 0.15) is 11.5 Å². The van der Waals surface area contributed by atoms with E-state index in [9.17, 15) is 8.60 Å². The van der Waals surface area contributed by atoms with Gasteiger partial charge in [-0.3, -0.25) is 0 Å². The molecule has 0 atom stereocenters. The van der Waals surface area contributed by atoms with Gasteiger partial charge < -0.3 is 9.31 Å². The summed E-state index contributed by atoms with van der Waals surface area (Å²) in [5.74, 6) is 0.534. The lowest BCUT2D eigenvalue weighted by Gasteiger charge is -2.37. The molecule has 2 fully saturated rings. The molecule has 1 aromatic carbocycles. The van der Waals surface area contributed by atoms with Crippen molar-refractivity contribution in [1.29, 1.82) is 0 Å². The number of benzene rings is 1. The van der Waals surface area contributed by atoms with Crippen molar-refractivity contribution < 1.29 is 17.9 Å². The Bertz CT molecular complexity index is 767. The van der Waals surface area contributed by atoms with E-state index in [0.29, 0.717) is 17.0 Å². The number of rotatable bonds is 2. The number of hydrogen-bond acceptors (Lipinski definition) is 4. The van der Waals surface area contributed by atoms with Crippen LogP contribution in [0.25, 0.3) is 0 Å². The molecule has 0 N–H and O–H groups in total. The predicted octanol–water partition coefficient (Wildman–Crippen LogP) is 3.26. The highest BCUT2D eigenvalue weighted by Crippen LogP contribution is 2.37. The second-order valence-corrected chi connectivity index (χ2v) is 10.9. The van der Waals surface area contributed by atoms with Crippen molar-refractivity contribution in [3.8, 4) is 0 Å². The first-order chi connectivity index (χ1) is 10.8. The second kappa shape index (κ2) is 5.29. The Morgan fingerprint density at radius 3 is 2.08 bits per heavy atom. The lowest BCUT2D eigenvalue weighted by molar-refractivity contribution is 0.00578. The monoisotopic (exact) mass is 353 g/mol. The third-order valence-electron chi connectivity index (χ3n) is 4.99. The number of hydrogen-bond donors (Lipinski definition) is 0. The van der Waals surface area contributed by atoms with Gasteiger partial charge in [0.15, 0.2) is 0 Å². The zero-order valence-electron chi connectivity index (χ0n) is 15.2. The zero-order chi connectivity index (χ0) is 18.0. The summed E-state index contributed by atoms with van der Waals surface area (Å²) in [4.78, 5) is 0. The summed E-state index contributed by atoms with van der Waals surface area (Å²) in [5, 5.41) is 0. The molecule has 0 saturated carbocycles. The fourth-order valence-corrected chi connectivity index (χ4v) is 6.14. The Morgan fingerprint density at radius 2 is 1.62 bits per heavy atom. The smallest absolute Gasteiger partial charge is 0.399 e. The van der Waals surface area contributed by atoms with Crippen molar-refractivity contribution in [1.82, 2.24) is 0 Å². The minimum atomic E-state index is -2.32. The van der Waals surface area contributed by atoms with Crippen LogP contribution < -0.4 is 5.46 Å². The van der Waals surface area contributed by atoms with Gasteiger partial charge in [0.05, 0.1) is 20.9 Å². The summed E-state index contributed by atoms with van der Waals surface area (Å²) in [6, 6.07) is 4.66. The SMILES string of the molecule is CC1(C)CS(=O)(=Nc2ccc(B3OC(C)(C)C(C)(C)O3)cc2F)C1. The normalized spacial score (nSPS) is 26.0. The van der Waals surface area contributed by atoms with Crippen molar-refractivity contribution >= 4 is 28.0 Å². The minimum absolute atomic E-state index is 0.0275. The standard InChI is InChI=1S/C17H25BFNO3S/c1-15(2)10-24(21,11-15)20-14-8-7-12(9-13(14)19)18-22-16(3,4)17(5,6)23-18/h7-9H,10-11H2,1-6H3. The maximum Gasteiger partial charge on any atom is 0.494 e. The van der Waals surface area contributed by atoms with Crippen LogP contribution in [0.2, 0.25) is 0 Å². The summed E-state index contributed by atoms with van der Waals surface area (Å²) in [7, 11) is -2.93. The topological polar surface area (TPSA) is 47.9 Å². The molecule has 0 spiro atoms. The van der Waals surface area contributed by atoms with Gasteiger partial charge >= 0.3 is 7.12 Å². The fourth-order valence-electron chi connectivity index (χ4n) is 3.15. The Morgan fingerprint density at radius 1 is 1.08 bits per heavy atom. The van der Waals surface area contributed by atoms with Crippen molar-refractivity contribution in [2.45, 2.75) is 52.7 Å². The van der Waals surface area contributed by atoms with Gasteiger partial charge in [-0.15, -0.1) is 0 Å². The molecule has 2 saturated heterocycles. The first-order valence-electron chi connectivity index (χ1n) is 8.20. The van der Waals surface area contributed by atoms with Gasteiger partial charge in [-0.1, -0.05) is 19.9 Å². The highest BCUT2D eigenvalue weighted by molar-refractivity contribution is 7.95. The average Bonchev–Trinajstić information content (AvgIpc) is 2.58. The molecule has 2 aliphatic rings. The Hall–Kier alpha value is -0.915. The first kappa shape index (κ1) is 17.9. The van der Waals surface area contributed by atoms with E-state index < -0.39 is 33.9 Å². The lowest BCUT2D eigenvalue weighted by atomic mass is 9.79. The molecule has 3 rings (SSSR count). The van der Waals surface area contributed by atoms with Crippen LogP contribution in [0.4, 0.5) is 10.1 Å². The summed E-state index contributed by atoms with van der Waals surface area (Å²) >= 11 is 0. The minimum Gasteiger partial charge on any atom is -0.399 e. The molecular weight excluding hydrogens is 328 g/mol. The number of halogens is 1. The average molecular weight is 353 g/mol. The Balaban J connectivity index is 1.85. The van der Waals surface area contributed by atoms with E-state index in [0.717, 1.165) is 0 Å². The van der Waals surface area contributed by atoms with E-state index in [1.54, 1.807) is 12.1 Å². The molecule has 0 bridgehead atoms. The maximum absolute atomic E-state index is 14.4. The highest BCUT2D eigenvalue weighted by atomic mass is 32.2. The van der Waals surface area contributed by atoms with Gasteiger partial charge in [-0.05, 0) is 50.7 Å². The molecule has 0 amide bonds. The van der Waals surface area contributed by atoms with Crippen molar-refractivity contribution in [3.05, 3.63) is 24.0 Å². The molecule has 24 heavy (non-hydrogen) atoms. The quantitative estimate of drug-likeness (QED) is 0.767. The van der Waals surface area contributed by atoms with Gasteiger partial charge in [0, 0.05) is 11.5 Å². The van der Waals surface area contributed by atoms with Gasteiger partial charge in [0.25, 0.3) is 0 Å². The van der Waals surface area contributed by atoms with E-state index in [4.69, 9.17) is 9.31 Å². The number of nitrogens with zero attached hydrogens (tertiary/aromatic N) is 1. The molecule has 7 heteroatoms. The van der Waals surface area contributed by atoms with Crippen molar-refractivity contribution in [2.24, 2.45) is 9.78 Å². The highest BCUT2D eigenvalue weighted by Gasteiger charge is 2.51. The first-order valence-corrected chi connectivity index (χ1v) is 10.1. The third kappa shape index (κ3) is 3.14. The summed E-state index contributed by atoms with van der Waals surface area (Å²) in [6.45, 7) is 11.9. The van der Waals surface area contributed by atoms with Crippen LogP contribution in [-0.2, 0) is 19.0 Å². The third-order valence-corrected chi connectivity index (χ3v) is 7.99. The van der Waals surface area contributed by atoms with Crippen LogP contribution in [0, 0.1) is 11.2 Å². The largest absolute Gasteiger partial charge is 0.494 e. The molecular formula is C17H25BFNO3S. The molecule has 2 heterocycles. The van der Waals surface area contributed by atoms with Crippen LogP contribution >= 0.6 is 0 Å². The van der Waals surface area contributed by atoms with Crippen molar-refractivity contribution in [3.63, 3.8) is 0 Å². The van der Waals surface area contributed by atoms with Crippen LogP contribution in [-0.4, -0.2) is 34.0 Å². The summed E-state index contributed by atoms with van der Waals surface area (Å²) < 4.78 is 43.0. The molecule has 0 aromatic heterocycles. The molecule has 4 nitrogen and oxygen atoms in total. The zero-order valence-corrected chi connectivity index (χ0v) is 16.0. The lowest BCUT2D eigenvalue weighted by Crippen LogP contribution is -2.43. The van der Waals surface area contributed by atoms with Gasteiger partial charge in [0.2, 0.25) is 0 Å². The molecule has 1 aromatic rings. The Labute approximate surface area is 144 Å². The van der Waals surface area contributed by atoms with Gasteiger partial charge in [-0.25, -0.2) is 8.60 Å². The molecule has 132 valence electrons. The van der Waals surface area contributed by atoms with Gasteiger partial charge in [-0.2, -0.15) is 4.36 Å². The van der Waals surface area contributed by atoms with E-state index in [1.165, 1.54) is 6.07 Å².